The van der Waals surface area contributed by atoms with E-state index in [9.17, 15) is 0 Å². The first kappa shape index (κ1) is 10.5. The van der Waals surface area contributed by atoms with E-state index in [-0.39, 0.29) is 0 Å². The zero-order valence-corrected chi connectivity index (χ0v) is 9.84. The van der Waals surface area contributed by atoms with Gasteiger partial charge in [-0.15, -0.1) is 0 Å². The van der Waals surface area contributed by atoms with Crippen LogP contribution in [0.25, 0.3) is 10.8 Å². The molecule has 1 aliphatic rings. The highest BCUT2D eigenvalue weighted by Gasteiger charge is 2.17. The Morgan fingerprint density at radius 2 is 1.88 bits per heavy atom. The Hall–Kier alpha value is -1.61. The van der Waals surface area contributed by atoms with Crippen molar-refractivity contribution in [3.63, 3.8) is 0 Å². The minimum Gasteiger partial charge on any atom is -0.370 e. The van der Waals surface area contributed by atoms with Crippen LogP contribution in [0.5, 0.6) is 0 Å². The standard InChI is InChI=1S/C14H17N3/c15-12-5-7-17(8-6-12)14-10-16-9-11-3-1-2-4-13(11)14/h1-4,9-10,12H,5-8,15H2. The number of hydrogen-bond acceptors (Lipinski definition) is 3. The maximum atomic E-state index is 5.95. The molecule has 2 heterocycles. The summed E-state index contributed by atoms with van der Waals surface area (Å²) < 4.78 is 0. The van der Waals surface area contributed by atoms with E-state index in [1.165, 1.54) is 16.5 Å². The molecule has 0 unspecified atom stereocenters. The van der Waals surface area contributed by atoms with E-state index in [1.54, 1.807) is 0 Å². The van der Waals surface area contributed by atoms with E-state index in [0.29, 0.717) is 6.04 Å². The summed E-state index contributed by atoms with van der Waals surface area (Å²) in [5.41, 5.74) is 7.19. The van der Waals surface area contributed by atoms with Gasteiger partial charge >= 0.3 is 0 Å². The zero-order valence-electron chi connectivity index (χ0n) is 9.84. The molecular weight excluding hydrogens is 210 g/mol. The molecule has 17 heavy (non-hydrogen) atoms. The first-order valence-electron chi connectivity index (χ1n) is 6.18. The van der Waals surface area contributed by atoms with Crippen molar-refractivity contribution < 1.29 is 0 Å². The number of nitrogens with zero attached hydrogens (tertiary/aromatic N) is 2. The second-order valence-electron chi connectivity index (χ2n) is 4.70. The first-order valence-corrected chi connectivity index (χ1v) is 6.18. The zero-order chi connectivity index (χ0) is 11.7. The van der Waals surface area contributed by atoms with Crippen LogP contribution in [-0.4, -0.2) is 24.1 Å². The van der Waals surface area contributed by atoms with Gasteiger partial charge in [-0.1, -0.05) is 24.3 Å². The third-order valence-corrected chi connectivity index (χ3v) is 3.53. The van der Waals surface area contributed by atoms with Gasteiger partial charge in [0.15, 0.2) is 0 Å². The highest BCUT2D eigenvalue weighted by Crippen LogP contribution is 2.27. The molecule has 3 heteroatoms. The van der Waals surface area contributed by atoms with Crippen LogP contribution in [-0.2, 0) is 0 Å². The lowest BCUT2D eigenvalue weighted by molar-refractivity contribution is 0.502. The van der Waals surface area contributed by atoms with Crippen molar-refractivity contribution in [2.24, 2.45) is 5.73 Å². The van der Waals surface area contributed by atoms with Crippen molar-refractivity contribution >= 4 is 16.5 Å². The normalized spacial score (nSPS) is 17.6. The van der Waals surface area contributed by atoms with E-state index in [4.69, 9.17) is 5.73 Å². The molecule has 2 N–H and O–H groups in total. The van der Waals surface area contributed by atoms with Gasteiger partial charge in [0.2, 0.25) is 0 Å². The average Bonchev–Trinajstić information content (AvgIpc) is 2.39. The number of piperidine rings is 1. The number of rotatable bonds is 1. The van der Waals surface area contributed by atoms with Crippen molar-refractivity contribution in [2.45, 2.75) is 18.9 Å². The van der Waals surface area contributed by atoms with E-state index < -0.39 is 0 Å². The van der Waals surface area contributed by atoms with Crippen molar-refractivity contribution in [1.29, 1.82) is 0 Å². The van der Waals surface area contributed by atoms with Gasteiger partial charge in [-0.2, -0.15) is 0 Å². The molecule has 0 saturated carbocycles. The molecule has 1 aromatic carbocycles. The molecule has 88 valence electrons. The topological polar surface area (TPSA) is 42.1 Å². The van der Waals surface area contributed by atoms with Gasteiger partial charge in [0.05, 0.1) is 11.9 Å². The van der Waals surface area contributed by atoms with Crippen LogP contribution in [0.4, 0.5) is 5.69 Å². The summed E-state index contributed by atoms with van der Waals surface area (Å²) in [4.78, 5) is 6.74. The lowest BCUT2D eigenvalue weighted by Crippen LogP contribution is -2.39. The number of benzene rings is 1. The second kappa shape index (κ2) is 4.34. The maximum absolute atomic E-state index is 5.95. The predicted molar refractivity (Wildman–Crippen MR) is 71.2 cm³/mol. The molecule has 3 rings (SSSR count). The smallest absolute Gasteiger partial charge is 0.0632 e. The van der Waals surface area contributed by atoms with Crippen molar-refractivity contribution in [3.05, 3.63) is 36.7 Å². The van der Waals surface area contributed by atoms with Gasteiger partial charge in [0, 0.05) is 36.1 Å². The van der Waals surface area contributed by atoms with Gasteiger partial charge in [0.25, 0.3) is 0 Å². The average molecular weight is 227 g/mol. The quantitative estimate of drug-likeness (QED) is 0.811. The molecule has 0 spiro atoms. The largest absolute Gasteiger partial charge is 0.370 e. The Morgan fingerprint density at radius 3 is 2.71 bits per heavy atom. The molecule has 1 saturated heterocycles. The monoisotopic (exact) mass is 227 g/mol. The molecule has 1 fully saturated rings. The van der Waals surface area contributed by atoms with Gasteiger partial charge in [-0.25, -0.2) is 0 Å². The van der Waals surface area contributed by atoms with Gasteiger partial charge in [-0.3, -0.25) is 4.98 Å². The summed E-state index contributed by atoms with van der Waals surface area (Å²) in [6.07, 6.45) is 6.04. The molecule has 0 bridgehead atoms. The van der Waals surface area contributed by atoms with E-state index >= 15 is 0 Å². The minimum absolute atomic E-state index is 0.370. The summed E-state index contributed by atoms with van der Waals surface area (Å²) in [6.45, 7) is 2.08. The molecule has 3 nitrogen and oxygen atoms in total. The van der Waals surface area contributed by atoms with Crippen LogP contribution in [0.3, 0.4) is 0 Å². The fraction of sp³-hybridized carbons (Fsp3) is 0.357. The second-order valence-corrected chi connectivity index (χ2v) is 4.70. The van der Waals surface area contributed by atoms with Crippen molar-refractivity contribution in [3.8, 4) is 0 Å². The third-order valence-electron chi connectivity index (χ3n) is 3.53. The summed E-state index contributed by atoms with van der Waals surface area (Å²) in [6, 6.07) is 8.79. The van der Waals surface area contributed by atoms with Crippen LogP contribution in [0.15, 0.2) is 36.7 Å². The Kier molecular flexibility index (Phi) is 2.69. The van der Waals surface area contributed by atoms with Crippen LogP contribution in [0.2, 0.25) is 0 Å². The van der Waals surface area contributed by atoms with Gasteiger partial charge in [-0.05, 0) is 12.8 Å². The summed E-state index contributed by atoms with van der Waals surface area (Å²) in [5.74, 6) is 0. The van der Waals surface area contributed by atoms with E-state index in [0.717, 1.165) is 25.9 Å². The fourth-order valence-electron chi connectivity index (χ4n) is 2.49. The lowest BCUT2D eigenvalue weighted by Gasteiger charge is -2.32. The Bertz CT molecular complexity index is 510. The summed E-state index contributed by atoms with van der Waals surface area (Å²) >= 11 is 0. The van der Waals surface area contributed by atoms with Crippen LogP contribution < -0.4 is 10.6 Å². The molecule has 1 aliphatic heterocycles. The number of pyridine rings is 1. The predicted octanol–water partition coefficient (Wildman–Crippen LogP) is 2.16. The minimum atomic E-state index is 0.370. The van der Waals surface area contributed by atoms with Crippen LogP contribution >= 0.6 is 0 Å². The Morgan fingerprint density at radius 1 is 1.12 bits per heavy atom. The first-order chi connectivity index (χ1) is 8.34. The molecule has 2 aromatic rings. The number of fused-ring (bicyclic) bond motifs is 1. The molecule has 0 radical (unpaired) electrons. The van der Waals surface area contributed by atoms with Gasteiger partial charge < -0.3 is 10.6 Å². The number of nitrogens with two attached hydrogens (primary N) is 1. The number of anilines is 1. The maximum Gasteiger partial charge on any atom is 0.0632 e. The van der Waals surface area contributed by atoms with Gasteiger partial charge in [0.1, 0.15) is 0 Å². The lowest BCUT2D eigenvalue weighted by atomic mass is 10.0. The molecular formula is C14H17N3. The summed E-state index contributed by atoms with van der Waals surface area (Å²) in [7, 11) is 0. The Labute approximate surface area is 101 Å². The molecule has 0 amide bonds. The molecule has 0 atom stereocenters. The van der Waals surface area contributed by atoms with Crippen LogP contribution in [0.1, 0.15) is 12.8 Å². The van der Waals surface area contributed by atoms with Crippen molar-refractivity contribution in [1.82, 2.24) is 4.98 Å². The highest BCUT2D eigenvalue weighted by molar-refractivity contribution is 5.93. The summed E-state index contributed by atoms with van der Waals surface area (Å²) in [5, 5.41) is 2.50. The number of aromatic nitrogens is 1. The molecule has 0 aliphatic carbocycles. The fourth-order valence-corrected chi connectivity index (χ4v) is 2.49. The Balaban J connectivity index is 2.00. The molecule has 1 aromatic heterocycles. The highest BCUT2D eigenvalue weighted by atomic mass is 15.1. The van der Waals surface area contributed by atoms with Crippen molar-refractivity contribution in [2.75, 3.05) is 18.0 Å². The van der Waals surface area contributed by atoms with E-state index in [1.807, 2.05) is 12.4 Å². The van der Waals surface area contributed by atoms with E-state index in [2.05, 4.69) is 34.1 Å². The SMILES string of the molecule is NC1CCN(c2cncc3ccccc23)CC1. The third kappa shape index (κ3) is 1.98. The van der Waals surface area contributed by atoms with Crippen LogP contribution in [0, 0.1) is 0 Å². The number of hydrogen-bond donors (Lipinski definition) is 1.